The van der Waals surface area contributed by atoms with Gasteiger partial charge in [0.25, 0.3) is 0 Å². The Hall–Kier alpha value is -1.33. The van der Waals surface area contributed by atoms with Gasteiger partial charge in [-0.15, -0.1) is 11.3 Å². The monoisotopic (exact) mass is 284 g/mol. The fourth-order valence-electron chi connectivity index (χ4n) is 1.68. The molecule has 0 aliphatic rings. The summed E-state index contributed by atoms with van der Waals surface area (Å²) >= 11 is 7.47. The fourth-order valence-corrected chi connectivity index (χ4v) is 2.90. The second-order valence-electron chi connectivity index (χ2n) is 3.77. The summed E-state index contributed by atoms with van der Waals surface area (Å²) in [5.41, 5.74) is 1.36. The van der Waals surface area contributed by atoms with Gasteiger partial charge in [-0.1, -0.05) is 11.6 Å². The number of hydrogen-bond donors (Lipinski definition) is 0. The summed E-state index contributed by atoms with van der Waals surface area (Å²) < 4.78 is 6.79. The first-order valence-electron chi connectivity index (χ1n) is 5.48. The van der Waals surface area contributed by atoms with E-state index in [1.807, 2.05) is 19.2 Å². The highest BCUT2D eigenvalue weighted by atomic mass is 35.5. The molecule has 0 saturated heterocycles. The van der Waals surface area contributed by atoms with Crippen molar-refractivity contribution in [1.29, 1.82) is 0 Å². The Morgan fingerprint density at radius 2 is 2.33 bits per heavy atom. The van der Waals surface area contributed by atoms with Gasteiger partial charge >= 0.3 is 0 Å². The molecule has 2 aromatic heterocycles. The third-order valence-corrected chi connectivity index (χ3v) is 4.34. The number of halogens is 1. The largest absolute Gasteiger partial charge is 0.493 e. The van der Waals surface area contributed by atoms with Crippen molar-refractivity contribution in [2.24, 2.45) is 0 Å². The van der Waals surface area contributed by atoms with E-state index < -0.39 is 0 Å². The van der Waals surface area contributed by atoms with E-state index in [1.54, 1.807) is 10.9 Å². The first-order chi connectivity index (χ1) is 8.60. The molecule has 2 aromatic rings. The third kappa shape index (κ3) is 2.04. The second kappa shape index (κ2) is 5.12. The molecule has 0 radical (unpaired) electrons. The molecule has 0 amide bonds. The minimum Gasteiger partial charge on any atom is -0.493 e. The summed E-state index contributed by atoms with van der Waals surface area (Å²) in [6.07, 6.45) is 1.55. The Kier molecular flexibility index (Phi) is 3.73. The van der Waals surface area contributed by atoms with E-state index in [2.05, 4.69) is 5.10 Å². The van der Waals surface area contributed by atoms with Gasteiger partial charge < -0.3 is 4.74 Å². The molecule has 2 rings (SSSR count). The highest BCUT2D eigenvalue weighted by Crippen LogP contribution is 2.31. The molecule has 0 aliphatic carbocycles. The number of rotatable bonds is 4. The summed E-state index contributed by atoms with van der Waals surface area (Å²) in [5.74, 6) is 0.332. The van der Waals surface area contributed by atoms with Crippen molar-refractivity contribution in [3.63, 3.8) is 0 Å². The van der Waals surface area contributed by atoms with Crippen molar-refractivity contribution in [3.05, 3.63) is 32.7 Å². The molecule has 18 heavy (non-hydrogen) atoms. The second-order valence-corrected chi connectivity index (χ2v) is 5.03. The molecule has 2 heterocycles. The zero-order valence-electron chi connectivity index (χ0n) is 10.4. The summed E-state index contributed by atoms with van der Waals surface area (Å²) in [7, 11) is 1.52. The molecule has 0 bridgehead atoms. The summed E-state index contributed by atoms with van der Waals surface area (Å²) in [5, 5.41) is 6.50. The lowest BCUT2D eigenvalue weighted by Gasteiger charge is -2.05. The number of carbonyl (C=O) groups excluding carboxylic acids is 1. The maximum atomic E-state index is 12.5. The minimum absolute atomic E-state index is 0.144. The van der Waals surface area contributed by atoms with Gasteiger partial charge in [0.05, 0.1) is 23.2 Å². The number of thiophene rings is 1. The Balaban J connectivity index is 2.51. The van der Waals surface area contributed by atoms with Crippen LogP contribution in [0.4, 0.5) is 0 Å². The molecule has 96 valence electrons. The first-order valence-corrected chi connectivity index (χ1v) is 6.74. The van der Waals surface area contributed by atoms with Crippen LogP contribution >= 0.6 is 22.9 Å². The summed E-state index contributed by atoms with van der Waals surface area (Å²) in [6.45, 7) is 4.40. The zero-order valence-corrected chi connectivity index (χ0v) is 11.9. The summed E-state index contributed by atoms with van der Waals surface area (Å²) in [4.78, 5) is 13.0. The summed E-state index contributed by atoms with van der Waals surface area (Å²) in [6, 6.07) is 0. The molecule has 4 nitrogen and oxygen atoms in total. The van der Waals surface area contributed by atoms with E-state index in [4.69, 9.17) is 16.3 Å². The molecule has 0 fully saturated rings. The molecule has 0 aromatic carbocycles. The number of aryl methyl sites for hydroxylation is 2. The van der Waals surface area contributed by atoms with Gasteiger partial charge in [-0.05, 0) is 24.8 Å². The average Bonchev–Trinajstić information content (AvgIpc) is 2.93. The van der Waals surface area contributed by atoms with Crippen LogP contribution in [0.25, 0.3) is 0 Å². The van der Waals surface area contributed by atoms with Crippen LogP contribution in [0.1, 0.15) is 27.9 Å². The molecule has 0 unspecified atom stereocenters. The number of carbonyl (C=O) groups is 1. The van der Waals surface area contributed by atoms with Gasteiger partial charge in [0.2, 0.25) is 5.78 Å². The molecule has 0 saturated carbocycles. The van der Waals surface area contributed by atoms with Crippen molar-refractivity contribution in [1.82, 2.24) is 9.78 Å². The van der Waals surface area contributed by atoms with Crippen LogP contribution in [-0.4, -0.2) is 22.7 Å². The van der Waals surface area contributed by atoms with E-state index in [9.17, 15) is 4.79 Å². The Bertz CT molecular complexity index is 567. The lowest BCUT2D eigenvalue weighted by atomic mass is 10.2. The Morgan fingerprint density at radius 3 is 2.83 bits per heavy atom. The standard InChI is InChI=1S/C12H13ClN2O2S/c1-4-15-10(8(17-3)5-14-15)11(16)12-9(13)7(2)6-18-12/h5-6H,4H2,1-3H3. The zero-order chi connectivity index (χ0) is 13.3. The Labute approximate surface area is 114 Å². The molecule has 0 aliphatic heterocycles. The van der Waals surface area contributed by atoms with Crippen LogP contribution < -0.4 is 4.74 Å². The van der Waals surface area contributed by atoms with E-state index >= 15 is 0 Å². The lowest BCUT2D eigenvalue weighted by molar-refractivity contribution is 0.103. The fraction of sp³-hybridized carbons (Fsp3) is 0.333. The lowest BCUT2D eigenvalue weighted by Crippen LogP contribution is -2.11. The van der Waals surface area contributed by atoms with Crippen molar-refractivity contribution >= 4 is 28.7 Å². The van der Waals surface area contributed by atoms with Crippen molar-refractivity contribution in [2.45, 2.75) is 20.4 Å². The predicted octanol–water partition coefficient (Wildman–Crippen LogP) is 3.17. The first kappa shape index (κ1) is 13.1. The molecule has 0 atom stereocenters. The molecule has 6 heteroatoms. The predicted molar refractivity (Wildman–Crippen MR) is 72.0 cm³/mol. The Morgan fingerprint density at radius 1 is 1.61 bits per heavy atom. The molecular weight excluding hydrogens is 272 g/mol. The van der Waals surface area contributed by atoms with E-state index in [1.165, 1.54) is 18.4 Å². The molecule has 0 N–H and O–H groups in total. The quantitative estimate of drug-likeness (QED) is 0.810. The number of methoxy groups -OCH3 is 1. The highest BCUT2D eigenvalue weighted by molar-refractivity contribution is 7.13. The number of aromatic nitrogens is 2. The van der Waals surface area contributed by atoms with Gasteiger partial charge in [0, 0.05) is 6.54 Å². The van der Waals surface area contributed by atoms with Gasteiger partial charge in [-0.2, -0.15) is 5.10 Å². The van der Waals surface area contributed by atoms with E-state index in [0.717, 1.165) is 5.56 Å². The molecule has 0 spiro atoms. The van der Waals surface area contributed by atoms with Gasteiger partial charge in [0.15, 0.2) is 11.4 Å². The average molecular weight is 285 g/mol. The minimum atomic E-state index is -0.144. The third-order valence-electron chi connectivity index (χ3n) is 2.65. The number of nitrogens with zero attached hydrogens (tertiary/aromatic N) is 2. The molecular formula is C12H13ClN2O2S. The van der Waals surface area contributed by atoms with Crippen LogP contribution in [0.2, 0.25) is 5.02 Å². The highest BCUT2D eigenvalue weighted by Gasteiger charge is 2.24. The van der Waals surface area contributed by atoms with Crippen molar-refractivity contribution < 1.29 is 9.53 Å². The smallest absolute Gasteiger partial charge is 0.226 e. The SMILES string of the molecule is CCn1ncc(OC)c1C(=O)c1scc(C)c1Cl. The normalized spacial score (nSPS) is 10.7. The topological polar surface area (TPSA) is 44.1 Å². The van der Waals surface area contributed by atoms with Crippen LogP contribution in [0, 0.1) is 6.92 Å². The van der Waals surface area contributed by atoms with Gasteiger partial charge in [-0.25, -0.2) is 0 Å². The van der Waals surface area contributed by atoms with Crippen molar-refractivity contribution in [3.8, 4) is 5.75 Å². The van der Waals surface area contributed by atoms with Gasteiger partial charge in [-0.3, -0.25) is 9.48 Å². The van der Waals surface area contributed by atoms with Crippen LogP contribution in [0.5, 0.6) is 5.75 Å². The van der Waals surface area contributed by atoms with Crippen molar-refractivity contribution in [2.75, 3.05) is 7.11 Å². The van der Waals surface area contributed by atoms with E-state index in [-0.39, 0.29) is 5.78 Å². The maximum Gasteiger partial charge on any atom is 0.226 e. The van der Waals surface area contributed by atoms with Crippen LogP contribution in [-0.2, 0) is 6.54 Å². The number of hydrogen-bond acceptors (Lipinski definition) is 4. The van der Waals surface area contributed by atoms with Gasteiger partial charge in [0.1, 0.15) is 0 Å². The van der Waals surface area contributed by atoms with Crippen LogP contribution in [0.3, 0.4) is 0 Å². The van der Waals surface area contributed by atoms with Crippen LogP contribution in [0.15, 0.2) is 11.6 Å². The number of ketones is 1. The number of ether oxygens (including phenoxy) is 1. The maximum absolute atomic E-state index is 12.5. The van der Waals surface area contributed by atoms with E-state index in [0.29, 0.717) is 27.9 Å².